The van der Waals surface area contributed by atoms with Crippen molar-refractivity contribution in [2.24, 2.45) is 22.6 Å². The second-order valence-corrected chi connectivity index (χ2v) is 7.53. The minimum atomic E-state index is -1.18. The average molecular weight is 346 g/mol. The molecule has 2 heterocycles. The molecule has 7 unspecified atom stereocenters. The molecule has 3 aliphatic rings. The van der Waals surface area contributed by atoms with Gasteiger partial charge >= 0.3 is 0 Å². The fourth-order valence-electron chi connectivity index (χ4n) is 4.57. The number of amidine groups is 1. The number of aliphatic hydroxyl groups is 1. The maximum absolute atomic E-state index is 11.6. The number of ether oxygens (including phenoxy) is 2. The van der Waals surface area contributed by atoms with Gasteiger partial charge in [0.05, 0.1) is 12.1 Å². The SMILES string of the molecule is CCOC1CNC(OC)C(C2(O)C(N)=NC3CCC(Cl)CC32)C1. The molecule has 0 aromatic carbocycles. The van der Waals surface area contributed by atoms with Gasteiger partial charge < -0.3 is 20.3 Å². The lowest BCUT2D eigenvalue weighted by molar-refractivity contribution is -0.129. The van der Waals surface area contributed by atoms with E-state index in [2.05, 4.69) is 10.3 Å². The largest absolute Gasteiger partial charge is 0.385 e. The van der Waals surface area contributed by atoms with Crippen LogP contribution in [-0.4, -0.2) is 60.6 Å². The van der Waals surface area contributed by atoms with Gasteiger partial charge in [-0.05, 0) is 32.6 Å². The zero-order valence-electron chi connectivity index (χ0n) is 13.9. The molecule has 2 aliphatic heterocycles. The lowest BCUT2D eigenvalue weighted by Gasteiger charge is -2.47. The second kappa shape index (κ2) is 6.84. The summed E-state index contributed by atoms with van der Waals surface area (Å²) in [5.41, 5.74) is 5.04. The summed E-state index contributed by atoms with van der Waals surface area (Å²) in [5.74, 6) is 0.103. The highest BCUT2D eigenvalue weighted by Gasteiger charge is 2.58. The Labute approximate surface area is 142 Å². The number of nitrogens with two attached hydrogens (primary N) is 1. The number of aliphatic imine (C=N–C) groups is 1. The number of halogens is 1. The highest BCUT2D eigenvalue weighted by molar-refractivity contribution is 6.20. The van der Waals surface area contributed by atoms with Gasteiger partial charge in [-0.15, -0.1) is 11.6 Å². The number of hydrogen-bond acceptors (Lipinski definition) is 6. The first-order chi connectivity index (χ1) is 11.0. The number of alkyl halides is 1. The second-order valence-electron chi connectivity index (χ2n) is 6.91. The normalized spacial score (nSPS) is 47.2. The molecule has 0 radical (unpaired) electrons. The van der Waals surface area contributed by atoms with Crippen LogP contribution in [-0.2, 0) is 9.47 Å². The highest BCUT2D eigenvalue weighted by Crippen LogP contribution is 2.47. The fourth-order valence-corrected chi connectivity index (χ4v) is 4.89. The van der Waals surface area contributed by atoms with E-state index in [-0.39, 0.29) is 35.6 Å². The molecule has 0 bridgehead atoms. The number of rotatable bonds is 4. The Kier molecular flexibility index (Phi) is 5.18. The summed E-state index contributed by atoms with van der Waals surface area (Å²) in [7, 11) is 1.65. The number of piperidine rings is 1. The molecule has 4 N–H and O–H groups in total. The Hall–Kier alpha value is -0.400. The van der Waals surface area contributed by atoms with E-state index < -0.39 is 5.60 Å². The molecule has 6 nitrogen and oxygen atoms in total. The van der Waals surface area contributed by atoms with Crippen molar-refractivity contribution in [3.63, 3.8) is 0 Å². The van der Waals surface area contributed by atoms with Gasteiger partial charge in [0.25, 0.3) is 0 Å². The van der Waals surface area contributed by atoms with E-state index in [4.69, 9.17) is 26.8 Å². The summed E-state index contributed by atoms with van der Waals surface area (Å²) in [6.45, 7) is 3.34. The number of nitrogens with one attached hydrogen (secondary N) is 1. The minimum absolute atomic E-state index is 0.0384. The summed E-state index contributed by atoms with van der Waals surface area (Å²) in [6.07, 6.45) is 3.02. The molecular weight excluding hydrogens is 318 g/mol. The van der Waals surface area contributed by atoms with Crippen molar-refractivity contribution in [3.05, 3.63) is 0 Å². The minimum Gasteiger partial charge on any atom is -0.385 e. The maximum atomic E-state index is 11.6. The quantitative estimate of drug-likeness (QED) is 0.657. The maximum Gasteiger partial charge on any atom is 0.133 e. The van der Waals surface area contributed by atoms with Crippen LogP contribution in [0.4, 0.5) is 0 Å². The molecule has 0 spiro atoms. The van der Waals surface area contributed by atoms with Gasteiger partial charge in [0.15, 0.2) is 0 Å². The van der Waals surface area contributed by atoms with Gasteiger partial charge in [-0.25, -0.2) is 0 Å². The van der Waals surface area contributed by atoms with Crippen LogP contribution in [0.3, 0.4) is 0 Å². The molecule has 0 amide bonds. The average Bonchev–Trinajstić information content (AvgIpc) is 2.80. The molecule has 7 atom stereocenters. The predicted molar refractivity (Wildman–Crippen MR) is 89.7 cm³/mol. The Balaban J connectivity index is 1.87. The third-order valence-corrected chi connectivity index (χ3v) is 6.08. The van der Waals surface area contributed by atoms with Gasteiger partial charge in [-0.1, -0.05) is 0 Å². The van der Waals surface area contributed by atoms with Crippen LogP contribution in [0.5, 0.6) is 0 Å². The van der Waals surface area contributed by atoms with Crippen LogP contribution in [0.1, 0.15) is 32.6 Å². The van der Waals surface area contributed by atoms with Crippen molar-refractivity contribution in [2.75, 3.05) is 20.3 Å². The van der Waals surface area contributed by atoms with Crippen molar-refractivity contribution >= 4 is 17.4 Å². The number of methoxy groups -OCH3 is 1. The van der Waals surface area contributed by atoms with Crippen molar-refractivity contribution < 1.29 is 14.6 Å². The molecule has 1 saturated carbocycles. The molecule has 132 valence electrons. The number of fused-ring (bicyclic) bond motifs is 1. The zero-order valence-corrected chi connectivity index (χ0v) is 14.6. The first-order valence-electron chi connectivity index (χ1n) is 8.58. The number of nitrogens with zero attached hydrogens (tertiary/aromatic N) is 1. The lowest BCUT2D eigenvalue weighted by atomic mass is 9.67. The van der Waals surface area contributed by atoms with E-state index in [9.17, 15) is 5.11 Å². The summed E-state index contributed by atoms with van der Waals surface area (Å²) < 4.78 is 11.4. The molecule has 7 heteroatoms. The molecule has 1 aliphatic carbocycles. The lowest BCUT2D eigenvalue weighted by Crippen LogP contribution is -2.64. The van der Waals surface area contributed by atoms with Crippen LogP contribution >= 0.6 is 11.6 Å². The molecule has 3 rings (SSSR count). The van der Waals surface area contributed by atoms with Gasteiger partial charge in [0.2, 0.25) is 0 Å². The van der Waals surface area contributed by atoms with Gasteiger partial charge in [0, 0.05) is 37.5 Å². The number of hydrogen-bond donors (Lipinski definition) is 3. The van der Waals surface area contributed by atoms with Crippen LogP contribution in [0.15, 0.2) is 4.99 Å². The van der Waals surface area contributed by atoms with Crippen LogP contribution in [0.2, 0.25) is 0 Å². The van der Waals surface area contributed by atoms with E-state index in [1.807, 2.05) is 6.92 Å². The molecule has 23 heavy (non-hydrogen) atoms. The van der Waals surface area contributed by atoms with Crippen molar-refractivity contribution in [3.8, 4) is 0 Å². The van der Waals surface area contributed by atoms with E-state index in [0.29, 0.717) is 25.4 Å². The van der Waals surface area contributed by atoms with Crippen LogP contribution < -0.4 is 11.1 Å². The van der Waals surface area contributed by atoms with Crippen molar-refractivity contribution in [1.82, 2.24) is 5.32 Å². The first-order valence-corrected chi connectivity index (χ1v) is 9.02. The molecule has 0 aromatic rings. The summed E-state index contributed by atoms with van der Waals surface area (Å²) >= 11 is 6.37. The Bertz CT molecular complexity index is 464. The molecule has 2 fully saturated rings. The van der Waals surface area contributed by atoms with Crippen LogP contribution in [0.25, 0.3) is 0 Å². The van der Waals surface area contributed by atoms with Gasteiger partial charge in [0.1, 0.15) is 17.7 Å². The van der Waals surface area contributed by atoms with Gasteiger partial charge in [-0.2, -0.15) is 0 Å². The smallest absolute Gasteiger partial charge is 0.133 e. The Morgan fingerprint density at radius 2 is 2.17 bits per heavy atom. The third-order valence-electron chi connectivity index (χ3n) is 5.68. The van der Waals surface area contributed by atoms with E-state index >= 15 is 0 Å². The summed E-state index contributed by atoms with van der Waals surface area (Å²) in [5, 5.41) is 15.0. The van der Waals surface area contributed by atoms with E-state index in [0.717, 1.165) is 19.3 Å². The zero-order chi connectivity index (χ0) is 16.6. The standard InChI is InChI=1S/C16H28ClN3O3/c1-3-23-10-7-12(14(22-2)19-8-10)16(21)11-6-9(17)4-5-13(11)20-15(16)18/h9-14,19,21H,3-8H2,1-2H3,(H2,18,20). The Morgan fingerprint density at radius 3 is 2.87 bits per heavy atom. The summed E-state index contributed by atoms with van der Waals surface area (Å²) in [4.78, 5) is 4.57. The Morgan fingerprint density at radius 1 is 1.39 bits per heavy atom. The van der Waals surface area contributed by atoms with E-state index in [1.54, 1.807) is 7.11 Å². The van der Waals surface area contributed by atoms with Crippen molar-refractivity contribution in [1.29, 1.82) is 0 Å². The van der Waals surface area contributed by atoms with Crippen LogP contribution in [0, 0.1) is 11.8 Å². The predicted octanol–water partition coefficient (Wildman–Crippen LogP) is 0.851. The third kappa shape index (κ3) is 3.00. The monoisotopic (exact) mass is 345 g/mol. The van der Waals surface area contributed by atoms with Gasteiger partial charge in [-0.3, -0.25) is 10.3 Å². The molecular formula is C16H28ClN3O3. The molecule has 1 saturated heterocycles. The highest BCUT2D eigenvalue weighted by atomic mass is 35.5. The topological polar surface area (TPSA) is 89.1 Å². The summed E-state index contributed by atoms with van der Waals surface area (Å²) in [6, 6.07) is 0.0694. The molecule has 0 aromatic heterocycles. The van der Waals surface area contributed by atoms with E-state index in [1.165, 1.54) is 0 Å². The van der Waals surface area contributed by atoms with Crippen molar-refractivity contribution in [2.45, 2.75) is 62.0 Å². The first kappa shape index (κ1) is 17.4. The fraction of sp³-hybridized carbons (Fsp3) is 0.938.